The normalized spacial score (nSPS) is 22.6. The molecule has 0 bridgehead atoms. The summed E-state index contributed by atoms with van der Waals surface area (Å²) in [5, 5.41) is 3.98. The minimum atomic E-state index is -0.117. The zero-order valence-corrected chi connectivity index (χ0v) is 14.7. The zero-order chi connectivity index (χ0) is 18.1. The van der Waals surface area contributed by atoms with Crippen molar-refractivity contribution in [2.24, 2.45) is 11.8 Å². The lowest BCUT2D eigenvalue weighted by Crippen LogP contribution is -2.33. The number of carbonyl (C=O) groups is 2. The topological polar surface area (TPSA) is 85.5 Å². The summed E-state index contributed by atoms with van der Waals surface area (Å²) >= 11 is 0. The number of carbonyl (C=O) groups excluding carboxylic acids is 2. The molecule has 2 aliphatic rings. The van der Waals surface area contributed by atoms with Crippen molar-refractivity contribution in [2.45, 2.75) is 32.1 Å². The van der Waals surface area contributed by atoms with Crippen LogP contribution in [-0.2, 0) is 16.0 Å². The number of hydrogen-bond donors (Lipinski definition) is 0. The van der Waals surface area contributed by atoms with Crippen LogP contribution in [0.2, 0.25) is 0 Å². The van der Waals surface area contributed by atoms with Gasteiger partial charge >= 0.3 is 0 Å². The van der Waals surface area contributed by atoms with E-state index in [9.17, 15) is 9.59 Å². The standard InChI is InChI=1S/C19H21N3O4/c1-25-13-8-6-12(7-9-13)17-20-16(26-21-17)10-11-22-18(23)14-4-2-3-5-15(14)19(22)24/h6-9,14-15H,2-5,10-11H2,1H3/t14-,15+. The Morgan fingerprint density at radius 3 is 2.38 bits per heavy atom. The molecule has 4 rings (SSSR count). The minimum Gasteiger partial charge on any atom is -0.497 e. The lowest BCUT2D eigenvalue weighted by atomic mass is 9.81. The molecule has 2 fully saturated rings. The van der Waals surface area contributed by atoms with E-state index in [-0.39, 0.29) is 23.7 Å². The molecule has 0 spiro atoms. The first-order valence-electron chi connectivity index (χ1n) is 8.99. The minimum absolute atomic E-state index is 0.0328. The van der Waals surface area contributed by atoms with Crippen LogP contribution in [0.4, 0.5) is 0 Å². The summed E-state index contributed by atoms with van der Waals surface area (Å²) in [5.41, 5.74) is 0.820. The highest BCUT2D eigenvalue weighted by atomic mass is 16.5. The molecule has 0 radical (unpaired) electrons. The first-order chi connectivity index (χ1) is 12.7. The van der Waals surface area contributed by atoms with Gasteiger partial charge in [-0.25, -0.2) is 0 Å². The van der Waals surface area contributed by atoms with E-state index in [4.69, 9.17) is 9.26 Å². The molecule has 136 valence electrons. The van der Waals surface area contributed by atoms with Crippen LogP contribution in [-0.4, -0.2) is 40.5 Å². The van der Waals surface area contributed by atoms with Gasteiger partial charge in [-0.2, -0.15) is 4.98 Å². The molecule has 2 aromatic rings. The average molecular weight is 355 g/mol. The molecular formula is C19H21N3O4. The lowest BCUT2D eigenvalue weighted by molar-refractivity contribution is -0.139. The summed E-state index contributed by atoms with van der Waals surface area (Å²) in [7, 11) is 1.61. The molecule has 1 saturated carbocycles. The van der Waals surface area contributed by atoms with Crippen LogP contribution in [0.15, 0.2) is 28.8 Å². The Bertz CT molecular complexity index is 790. The van der Waals surface area contributed by atoms with Gasteiger partial charge in [-0.1, -0.05) is 18.0 Å². The Morgan fingerprint density at radius 1 is 1.12 bits per heavy atom. The van der Waals surface area contributed by atoms with E-state index in [0.717, 1.165) is 37.0 Å². The number of nitrogens with zero attached hydrogens (tertiary/aromatic N) is 3. The summed E-state index contributed by atoms with van der Waals surface area (Å²) in [5.74, 6) is 1.36. The van der Waals surface area contributed by atoms with E-state index in [1.54, 1.807) is 7.11 Å². The number of aromatic nitrogens is 2. The fourth-order valence-electron chi connectivity index (χ4n) is 3.87. The van der Waals surface area contributed by atoms with E-state index in [0.29, 0.717) is 24.7 Å². The summed E-state index contributed by atoms with van der Waals surface area (Å²) < 4.78 is 10.4. The number of rotatable bonds is 5. The van der Waals surface area contributed by atoms with Gasteiger partial charge in [0, 0.05) is 18.5 Å². The second kappa shape index (κ2) is 6.90. The number of likely N-dealkylation sites (tertiary alicyclic amines) is 1. The van der Waals surface area contributed by atoms with Crippen molar-refractivity contribution in [3.8, 4) is 17.1 Å². The fourth-order valence-corrected chi connectivity index (χ4v) is 3.87. The Balaban J connectivity index is 1.41. The lowest BCUT2D eigenvalue weighted by Gasteiger charge is -2.19. The van der Waals surface area contributed by atoms with Crippen LogP contribution < -0.4 is 4.74 Å². The molecule has 2 heterocycles. The van der Waals surface area contributed by atoms with E-state index in [1.807, 2.05) is 24.3 Å². The van der Waals surface area contributed by atoms with Gasteiger partial charge in [0.05, 0.1) is 18.9 Å². The van der Waals surface area contributed by atoms with Crippen molar-refractivity contribution < 1.29 is 18.8 Å². The molecule has 1 aromatic heterocycles. The molecule has 1 saturated heterocycles. The van der Waals surface area contributed by atoms with Gasteiger partial charge in [0.1, 0.15) is 5.75 Å². The van der Waals surface area contributed by atoms with Gasteiger partial charge in [-0.3, -0.25) is 14.5 Å². The number of amides is 2. The summed E-state index contributed by atoms with van der Waals surface area (Å²) in [6.45, 7) is 0.301. The fraction of sp³-hybridized carbons (Fsp3) is 0.474. The van der Waals surface area contributed by atoms with Crippen molar-refractivity contribution >= 4 is 11.8 Å². The average Bonchev–Trinajstić information content (AvgIpc) is 3.25. The molecule has 1 aliphatic carbocycles. The van der Waals surface area contributed by atoms with E-state index >= 15 is 0 Å². The molecule has 0 unspecified atom stereocenters. The van der Waals surface area contributed by atoms with Crippen LogP contribution in [0.25, 0.3) is 11.4 Å². The van der Waals surface area contributed by atoms with Crippen molar-refractivity contribution in [1.29, 1.82) is 0 Å². The van der Waals surface area contributed by atoms with Gasteiger partial charge in [-0.05, 0) is 37.1 Å². The Morgan fingerprint density at radius 2 is 1.77 bits per heavy atom. The van der Waals surface area contributed by atoms with Gasteiger partial charge in [0.2, 0.25) is 23.5 Å². The molecular weight excluding hydrogens is 334 g/mol. The number of imide groups is 1. The summed E-state index contributed by atoms with van der Waals surface area (Å²) in [4.78, 5) is 30.7. The SMILES string of the molecule is COc1ccc(-c2noc(CCN3C(=O)[C@H]4CCCC[C@H]4C3=O)n2)cc1. The maximum Gasteiger partial charge on any atom is 0.233 e. The maximum atomic E-state index is 12.5. The van der Waals surface area contributed by atoms with Crippen molar-refractivity contribution in [3.05, 3.63) is 30.2 Å². The van der Waals surface area contributed by atoms with Gasteiger partial charge in [0.25, 0.3) is 0 Å². The number of methoxy groups -OCH3 is 1. The second-order valence-electron chi connectivity index (χ2n) is 6.82. The van der Waals surface area contributed by atoms with Gasteiger partial charge in [0.15, 0.2) is 0 Å². The van der Waals surface area contributed by atoms with Crippen LogP contribution in [0.3, 0.4) is 0 Å². The molecule has 0 N–H and O–H groups in total. The number of hydrogen-bond acceptors (Lipinski definition) is 6. The van der Waals surface area contributed by atoms with Crippen LogP contribution >= 0.6 is 0 Å². The Kier molecular flexibility index (Phi) is 4.44. The molecule has 7 heteroatoms. The second-order valence-corrected chi connectivity index (χ2v) is 6.82. The first-order valence-corrected chi connectivity index (χ1v) is 8.99. The van der Waals surface area contributed by atoms with Crippen molar-refractivity contribution in [1.82, 2.24) is 15.0 Å². The molecule has 2 amide bonds. The number of ether oxygens (including phenoxy) is 1. The highest BCUT2D eigenvalue weighted by molar-refractivity contribution is 6.05. The van der Waals surface area contributed by atoms with Gasteiger partial charge in [-0.15, -0.1) is 0 Å². The van der Waals surface area contributed by atoms with E-state index in [1.165, 1.54) is 4.90 Å². The number of fused-ring (bicyclic) bond motifs is 1. The van der Waals surface area contributed by atoms with Crippen molar-refractivity contribution in [3.63, 3.8) is 0 Å². The van der Waals surface area contributed by atoms with Crippen molar-refractivity contribution in [2.75, 3.05) is 13.7 Å². The maximum absolute atomic E-state index is 12.5. The largest absolute Gasteiger partial charge is 0.497 e. The molecule has 7 nitrogen and oxygen atoms in total. The van der Waals surface area contributed by atoms with E-state index in [2.05, 4.69) is 10.1 Å². The van der Waals surface area contributed by atoms with Crippen LogP contribution in [0.5, 0.6) is 5.75 Å². The molecule has 2 atom stereocenters. The third-order valence-electron chi connectivity index (χ3n) is 5.30. The van der Waals surface area contributed by atoms with E-state index < -0.39 is 0 Å². The monoisotopic (exact) mass is 355 g/mol. The predicted octanol–water partition coefficient (Wildman–Crippen LogP) is 2.46. The third-order valence-corrected chi connectivity index (χ3v) is 5.30. The highest BCUT2D eigenvalue weighted by Gasteiger charge is 2.47. The highest BCUT2D eigenvalue weighted by Crippen LogP contribution is 2.38. The number of benzene rings is 1. The van der Waals surface area contributed by atoms with Crippen LogP contribution in [0.1, 0.15) is 31.6 Å². The third kappa shape index (κ3) is 2.98. The quantitative estimate of drug-likeness (QED) is 0.766. The molecule has 26 heavy (non-hydrogen) atoms. The molecule has 1 aromatic carbocycles. The van der Waals surface area contributed by atoms with Crippen LogP contribution in [0, 0.1) is 11.8 Å². The summed E-state index contributed by atoms with van der Waals surface area (Å²) in [6, 6.07) is 7.36. The Hall–Kier alpha value is -2.70. The molecule has 1 aliphatic heterocycles. The van der Waals surface area contributed by atoms with Gasteiger partial charge < -0.3 is 9.26 Å². The summed E-state index contributed by atoms with van der Waals surface area (Å²) in [6.07, 6.45) is 4.09. The zero-order valence-electron chi connectivity index (χ0n) is 14.7. The smallest absolute Gasteiger partial charge is 0.233 e. The first kappa shape index (κ1) is 16.8. The Labute approximate surface area is 151 Å². The predicted molar refractivity (Wildman–Crippen MR) is 92.2 cm³/mol.